The summed E-state index contributed by atoms with van der Waals surface area (Å²) in [6, 6.07) is 6.07. The van der Waals surface area contributed by atoms with Crippen LogP contribution in [0.15, 0.2) is 18.2 Å². The summed E-state index contributed by atoms with van der Waals surface area (Å²) in [5, 5.41) is 4.09. The fraction of sp³-hybridized carbons (Fsp3) is 0.571. The zero-order valence-electron chi connectivity index (χ0n) is 10.7. The van der Waals surface area contributed by atoms with E-state index in [2.05, 4.69) is 18.3 Å². The molecule has 0 amide bonds. The Morgan fingerprint density at radius 1 is 1.33 bits per heavy atom. The van der Waals surface area contributed by atoms with E-state index in [1.54, 1.807) is 0 Å². The first-order chi connectivity index (χ1) is 8.29. The monoisotopic (exact) mass is 289 g/mol. The van der Waals surface area contributed by atoms with Gasteiger partial charge in [0.25, 0.3) is 0 Å². The van der Waals surface area contributed by atoms with Gasteiger partial charge in [0.1, 0.15) is 5.75 Å². The molecule has 0 aliphatic carbocycles. The van der Waals surface area contributed by atoms with Gasteiger partial charge in [0.05, 0.1) is 11.6 Å². The normalized spacial score (nSPS) is 16.1. The Morgan fingerprint density at radius 2 is 2.06 bits per heavy atom. The van der Waals surface area contributed by atoms with E-state index in [1.165, 1.54) is 18.4 Å². The van der Waals surface area contributed by atoms with Gasteiger partial charge in [-0.15, -0.1) is 12.4 Å². The van der Waals surface area contributed by atoms with Crippen LogP contribution in [-0.2, 0) is 6.42 Å². The summed E-state index contributed by atoms with van der Waals surface area (Å²) < 4.78 is 5.82. The predicted molar refractivity (Wildman–Crippen MR) is 79.2 cm³/mol. The van der Waals surface area contributed by atoms with E-state index >= 15 is 0 Å². The second-order valence-electron chi connectivity index (χ2n) is 4.62. The molecule has 2 rings (SSSR count). The van der Waals surface area contributed by atoms with Gasteiger partial charge < -0.3 is 10.1 Å². The molecule has 1 fully saturated rings. The van der Waals surface area contributed by atoms with Crippen molar-refractivity contribution in [3.05, 3.63) is 28.8 Å². The lowest BCUT2D eigenvalue weighted by Gasteiger charge is -2.22. The molecule has 0 spiro atoms. The molecular formula is C14H21Cl2NO. The molecule has 1 heterocycles. The van der Waals surface area contributed by atoms with Crippen molar-refractivity contribution in [2.75, 3.05) is 19.7 Å². The third kappa shape index (κ3) is 4.34. The number of ether oxygens (including phenoxy) is 1. The quantitative estimate of drug-likeness (QED) is 0.913. The average molecular weight is 290 g/mol. The molecule has 0 unspecified atom stereocenters. The minimum atomic E-state index is 0. The number of nitrogens with one attached hydrogen (secondary N) is 1. The average Bonchev–Trinajstić information content (AvgIpc) is 2.38. The first kappa shape index (κ1) is 15.6. The van der Waals surface area contributed by atoms with Gasteiger partial charge in [0, 0.05) is 0 Å². The van der Waals surface area contributed by atoms with E-state index in [0.717, 1.165) is 36.9 Å². The van der Waals surface area contributed by atoms with Crippen LogP contribution in [0.1, 0.15) is 25.3 Å². The second kappa shape index (κ2) is 7.88. The Morgan fingerprint density at radius 3 is 2.67 bits per heavy atom. The molecule has 0 atom stereocenters. The molecule has 18 heavy (non-hydrogen) atoms. The SMILES string of the molecule is CCc1ccc(OCC2CCNCC2)c(Cl)c1.Cl. The Kier molecular flexibility index (Phi) is 6.83. The highest BCUT2D eigenvalue weighted by molar-refractivity contribution is 6.32. The molecule has 1 aromatic carbocycles. The molecular weight excluding hydrogens is 269 g/mol. The van der Waals surface area contributed by atoms with Crippen molar-refractivity contribution < 1.29 is 4.74 Å². The molecule has 1 aliphatic heterocycles. The molecule has 0 bridgehead atoms. The van der Waals surface area contributed by atoms with E-state index < -0.39 is 0 Å². The van der Waals surface area contributed by atoms with Gasteiger partial charge in [-0.2, -0.15) is 0 Å². The summed E-state index contributed by atoms with van der Waals surface area (Å²) >= 11 is 6.19. The van der Waals surface area contributed by atoms with E-state index in [0.29, 0.717) is 5.92 Å². The summed E-state index contributed by atoms with van der Waals surface area (Å²) in [6.07, 6.45) is 3.41. The number of benzene rings is 1. The highest BCUT2D eigenvalue weighted by Crippen LogP contribution is 2.26. The van der Waals surface area contributed by atoms with Gasteiger partial charge in [-0.05, 0) is 56.0 Å². The van der Waals surface area contributed by atoms with Gasteiger partial charge in [-0.1, -0.05) is 24.6 Å². The molecule has 1 aliphatic rings. The fourth-order valence-corrected chi connectivity index (χ4v) is 2.40. The fourth-order valence-electron chi connectivity index (χ4n) is 2.14. The predicted octanol–water partition coefficient (Wildman–Crippen LogP) is 3.70. The zero-order chi connectivity index (χ0) is 12.1. The lowest BCUT2D eigenvalue weighted by atomic mass is 9.99. The Hall–Kier alpha value is -0.440. The number of hydrogen-bond acceptors (Lipinski definition) is 2. The first-order valence-electron chi connectivity index (χ1n) is 6.41. The number of rotatable bonds is 4. The summed E-state index contributed by atoms with van der Waals surface area (Å²) in [4.78, 5) is 0. The van der Waals surface area contributed by atoms with Crippen molar-refractivity contribution in [1.82, 2.24) is 5.32 Å². The highest BCUT2D eigenvalue weighted by atomic mass is 35.5. The molecule has 1 N–H and O–H groups in total. The number of aryl methyl sites for hydroxylation is 1. The van der Waals surface area contributed by atoms with Crippen LogP contribution in [0.3, 0.4) is 0 Å². The Bertz CT molecular complexity index is 365. The van der Waals surface area contributed by atoms with E-state index in [9.17, 15) is 0 Å². The van der Waals surface area contributed by atoms with E-state index in [-0.39, 0.29) is 12.4 Å². The van der Waals surface area contributed by atoms with Crippen LogP contribution in [0.25, 0.3) is 0 Å². The number of hydrogen-bond donors (Lipinski definition) is 1. The van der Waals surface area contributed by atoms with Crippen LogP contribution < -0.4 is 10.1 Å². The smallest absolute Gasteiger partial charge is 0.137 e. The van der Waals surface area contributed by atoms with Crippen molar-refractivity contribution in [2.24, 2.45) is 5.92 Å². The zero-order valence-corrected chi connectivity index (χ0v) is 12.3. The third-order valence-corrected chi connectivity index (χ3v) is 3.63. The summed E-state index contributed by atoms with van der Waals surface area (Å²) in [5.41, 5.74) is 1.25. The minimum Gasteiger partial charge on any atom is -0.492 e. The van der Waals surface area contributed by atoms with Gasteiger partial charge in [0.15, 0.2) is 0 Å². The van der Waals surface area contributed by atoms with Crippen molar-refractivity contribution in [3.8, 4) is 5.75 Å². The largest absolute Gasteiger partial charge is 0.492 e. The highest BCUT2D eigenvalue weighted by Gasteiger charge is 2.14. The first-order valence-corrected chi connectivity index (χ1v) is 6.79. The minimum absolute atomic E-state index is 0. The number of piperidine rings is 1. The lowest BCUT2D eigenvalue weighted by molar-refractivity contribution is 0.215. The molecule has 0 radical (unpaired) electrons. The molecule has 1 aromatic rings. The van der Waals surface area contributed by atoms with Crippen molar-refractivity contribution in [1.29, 1.82) is 0 Å². The lowest BCUT2D eigenvalue weighted by Crippen LogP contribution is -2.30. The maximum Gasteiger partial charge on any atom is 0.137 e. The molecule has 0 aromatic heterocycles. The molecule has 0 saturated carbocycles. The Balaban J connectivity index is 0.00000162. The Labute approximate surface area is 120 Å². The van der Waals surface area contributed by atoms with Crippen molar-refractivity contribution in [3.63, 3.8) is 0 Å². The van der Waals surface area contributed by atoms with Gasteiger partial charge in [0.2, 0.25) is 0 Å². The molecule has 1 saturated heterocycles. The summed E-state index contributed by atoms with van der Waals surface area (Å²) in [7, 11) is 0. The summed E-state index contributed by atoms with van der Waals surface area (Å²) in [5.74, 6) is 1.49. The summed E-state index contributed by atoms with van der Waals surface area (Å²) in [6.45, 7) is 5.13. The van der Waals surface area contributed by atoms with Crippen LogP contribution in [-0.4, -0.2) is 19.7 Å². The van der Waals surface area contributed by atoms with Crippen LogP contribution in [0.2, 0.25) is 5.02 Å². The van der Waals surface area contributed by atoms with Gasteiger partial charge in [-0.25, -0.2) is 0 Å². The van der Waals surface area contributed by atoms with Gasteiger partial charge >= 0.3 is 0 Å². The standard InChI is InChI=1S/C14H20ClNO.ClH/c1-2-11-3-4-14(13(15)9-11)17-10-12-5-7-16-8-6-12;/h3-4,9,12,16H,2,5-8,10H2,1H3;1H. The maximum absolute atomic E-state index is 6.19. The molecule has 102 valence electrons. The second-order valence-corrected chi connectivity index (χ2v) is 5.03. The maximum atomic E-state index is 6.19. The van der Waals surface area contributed by atoms with E-state index in [1.807, 2.05) is 12.1 Å². The van der Waals surface area contributed by atoms with Crippen LogP contribution >= 0.6 is 24.0 Å². The van der Waals surface area contributed by atoms with E-state index in [4.69, 9.17) is 16.3 Å². The number of halogens is 2. The van der Waals surface area contributed by atoms with Crippen LogP contribution in [0.4, 0.5) is 0 Å². The topological polar surface area (TPSA) is 21.3 Å². The van der Waals surface area contributed by atoms with Crippen LogP contribution in [0, 0.1) is 5.92 Å². The van der Waals surface area contributed by atoms with Crippen LogP contribution in [0.5, 0.6) is 5.75 Å². The molecule has 4 heteroatoms. The van der Waals surface area contributed by atoms with Crippen molar-refractivity contribution in [2.45, 2.75) is 26.2 Å². The molecule has 2 nitrogen and oxygen atoms in total. The third-order valence-electron chi connectivity index (χ3n) is 3.34. The van der Waals surface area contributed by atoms with Crippen molar-refractivity contribution >= 4 is 24.0 Å². The van der Waals surface area contributed by atoms with Gasteiger partial charge in [-0.3, -0.25) is 0 Å².